The molecule has 0 amide bonds. The minimum atomic E-state index is -0.423. The maximum absolute atomic E-state index is 14.4. The number of fused-ring (bicyclic) bond motifs is 1. The van der Waals surface area contributed by atoms with Crippen molar-refractivity contribution in [2.75, 3.05) is 23.7 Å². The molecule has 1 aliphatic rings. The SMILES string of the molecule is CC(Nc1nc(NCc2cccc(Cl)c2F)nc2c(C3=CCNCC3)cccc12)C(C)(C)C. The van der Waals surface area contributed by atoms with Gasteiger partial charge in [0.2, 0.25) is 5.95 Å². The highest BCUT2D eigenvalue weighted by Crippen LogP contribution is 2.33. The summed E-state index contributed by atoms with van der Waals surface area (Å²) in [5.41, 5.74) is 3.79. The Morgan fingerprint density at radius 3 is 2.67 bits per heavy atom. The number of nitrogens with zero attached hydrogens (tertiary/aromatic N) is 2. The normalized spacial score (nSPS) is 15.3. The Kier molecular flexibility index (Phi) is 6.86. The molecule has 1 aromatic heterocycles. The van der Waals surface area contributed by atoms with Crippen molar-refractivity contribution in [1.82, 2.24) is 15.3 Å². The van der Waals surface area contributed by atoms with Crippen LogP contribution in [-0.4, -0.2) is 29.1 Å². The Labute approximate surface area is 199 Å². The molecule has 1 aliphatic heterocycles. The Morgan fingerprint density at radius 1 is 1.15 bits per heavy atom. The van der Waals surface area contributed by atoms with E-state index in [1.807, 2.05) is 0 Å². The third kappa shape index (κ3) is 5.28. The molecule has 0 aliphatic carbocycles. The number of anilines is 2. The molecule has 0 saturated heterocycles. The number of benzene rings is 2. The first kappa shape index (κ1) is 23.5. The molecule has 0 fully saturated rings. The van der Waals surface area contributed by atoms with E-state index in [0.717, 1.165) is 41.8 Å². The van der Waals surface area contributed by atoms with E-state index >= 15 is 0 Å². The average Bonchev–Trinajstić information content (AvgIpc) is 2.79. The molecule has 0 bridgehead atoms. The van der Waals surface area contributed by atoms with Crippen molar-refractivity contribution in [3.05, 3.63) is 64.4 Å². The van der Waals surface area contributed by atoms with Gasteiger partial charge in [-0.1, -0.05) is 62.7 Å². The van der Waals surface area contributed by atoms with E-state index in [0.29, 0.717) is 11.5 Å². The fourth-order valence-electron chi connectivity index (χ4n) is 3.75. The van der Waals surface area contributed by atoms with Gasteiger partial charge in [0.1, 0.15) is 11.6 Å². The average molecular weight is 468 g/mol. The van der Waals surface area contributed by atoms with Gasteiger partial charge < -0.3 is 16.0 Å². The molecule has 0 spiro atoms. The standard InChI is InChI=1S/C26H31ClFN5/c1-16(26(2,3)4)31-24-20-9-6-8-19(17-11-13-29-14-12-17)23(20)32-25(33-24)30-15-18-7-5-10-21(27)22(18)28/h5-11,16,29H,12-15H2,1-4H3,(H2,30,31,32,33). The van der Waals surface area contributed by atoms with Gasteiger partial charge in [-0.05, 0) is 43.0 Å². The highest BCUT2D eigenvalue weighted by molar-refractivity contribution is 6.30. The molecule has 5 nitrogen and oxygen atoms in total. The molecule has 2 aromatic carbocycles. The number of hydrogen-bond donors (Lipinski definition) is 3. The molecular formula is C26H31ClFN5. The first-order chi connectivity index (χ1) is 15.7. The van der Waals surface area contributed by atoms with Crippen molar-refractivity contribution in [2.45, 2.75) is 46.7 Å². The number of para-hydroxylation sites is 1. The molecule has 174 valence electrons. The third-order valence-corrected chi connectivity index (χ3v) is 6.55. The summed E-state index contributed by atoms with van der Waals surface area (Å²) in [6.45, 7) is 10.8. The van der Waals surface area contributed by atoms with E-state index in [1.54, 1.807) is 18.2 Å². The van der Waals surface area contributed by atoms with Crippen LogP contribution >= 0.6 is 11.6 Å². The van der Waals surface area contributed by atoms with Gasteiger partial charge in [-0.3, -0.25) is 0 Å². The predicted molar refractivity (Wildman–Crippen MR) is 136 cm³/mol. The Bertz CT molecular complexity index is 1190. The second-order valence-corrected chi connectivity index (χ2v) is 9.99. The maximum Gasteiger partial charge on any atom is 0.225 e. The lowest BCUT2D eigenvalue weighted by molar-refractivity contribution is 0.359. The minimum absolute atomic E-state index is 0.0456. The van der Waals surface area contributed by atoms with Crippen molar-refractivity contribution in [3.63, 3.8) is 0 Å². The lowest BCUT2D eigenvalue weighted by Gasteiger charge is -2.29. The summed E-state index contributed by atoms with van der Waals surface area (Å²) in [4.78, 5) is 9.66. The molecule has 4 rings (SSSR count). The monoisotopic (exact) mass is 467 g/mol. The Morgan fingerprint density at radius 2 is 1.94 bits per heavy atom. The zero-order valence-corrected chi connectivity index (χ0v) is 20.4. The van der Waals surface area contributed by atoms with Crippen LogP contribution in [0.4, 0.5) is 16.2 Å². The van der Waals surface area contributed by atoms with Gasteiger partial charge >= 0.3 is 0 Å². The molecule has 3 aromatic rings. The third-order valence-electron chi connectivity index (χ3n) is 6.26. The Balaban J connectivity index is 1.77. The van der Waals surface area contributed by atoms with Crippen LogP contribution in [0.1, 0.15) is 45.2 Å². The number of hydrogen-bond acceptors (Lipinski definition) is 5. The van der Waals surface area contributed by atoms with Gasteiger partial charge in [0.15, 0.2) is 0 Å². The zero-order chi connectivity index (χ0) is 23.6. The summed E-state index contributed by atoms with van der Waals surface area (Å²) in [5, 5.41) is 11.3. The van der Waals surface area contributed by atoms with Gasteiger partial charge in [0.05, 0.1) is 10.5 Å². The van der Waals surface area contributed by atoms with Crippen LogP contribution in [0.25, 0.3) is 16.5 Å². The van der Waals surface area contributed by atoms with Gasteiger partial charge in [-0.25, -0.2) is 9.37 Å². The lowest BCUT2D eigenvalue weighted by atomic mass is 9.88. The zero-order valence-electron chi connectivity index (χ0n) is 19.6. The quantitative estimate of drug-likeness (QED) is 0.399. The van der Waals surface area contributed by atoms with E-state index in [2.05, 4.69) is 67.9 Å². The van der Waals surface area contributed by atoms with Crippen LogP contribution in [0.2, 0.25) is 5.02 Å². The maximum atomic E-state index is 14.4. The number of halogens is 2. The first-order valence-corrected chi connectivity index (χ1v) is 11.8. The summed E-state index contributed by atoms with van der Waals surface area (Å²) in [6.07, 6.45) is 3.17. The molecule has 1 atom stereocenters. The second-order valence-electron chi connectivity index (χ2n) is 9.58. The van der Waals surface area contributed by atoms with Crippen molar-refractivity contribution in [2.24, 2.45) is 5.41 Å². The fraction of sp³-hybridized carbons (Fsp3) is 0.385. The molecule has 7 heteroatoms. The number of rotatable bonds is 6. The summed E-state index contributed by atoms with van der Waals surface area (Å²) in [7, 11) is 0. The van der Waals surface area contributed by atoms with E-state index in [4.69, 9.17) is 21.6 Å². The Hall–Kier alpha value is -2.70. The van der Waals surface area contributed by atoms with Crippen LogP contribution < -0.4 is 16.0 Å². The molecule has 1 unspecified atom stereocenters. The van der Waals surface area contributed by atoms with Crippen LogP contribution in [0.15, 0.2) is 42.5 Å². The van der Waals surface area contributed by atoms with Crippen molar-refractivity contribution in [1.29, 1.82) is 0 Å². The predicted octanol–water partition coefficient (Wildman–Crippen LogP) is 6.26. The van der Waals surface area contributed by atoms with Gasteiger partial charge in [0.25, 0.3) is 0 Å². The molecule has 0 radical (unpaired) electrons. The van der Waals surface area contributed by atoms with Crippen molar-refractivity contribution < 1.29 is 4.39 Å². The summed E-state index contributed by atoms with van der Waals surface area (Å²) in [5.74, 6) is 0.799. The summed E-state index contributed by atoms with van der Waals surface area (Å²) in [6, 6.07) is 11.4. The highest BCUT2D eigenvalue weighted by atomic mass is 35.5. The van der Waals surface area contributed by atoms with Crippen molar-refractivity contribution >= 4 is 39.8 Å². The number of aromatic nitrogens is 2. The van der Waals surface area contributed by atoms with E-state index in [1.165, 1.54) is 5.57 Å². The van der Waals surface area contributed by atoms with Gasteiger partial charge in [-0.2, -0.15) is 4.98 Å². The van der Waals surface area contributed by atoms with Crippen LogP contribution in [-0.2, 0) is 6.54 Å². The summed E-state index contributed by atoms with van der Waals surface area (Å²) < 4.78 is 14.4. The van der Waals surface area contributed by atoms with Crippen LogP contribution in [0.3, 0.4) is 0 Å². The largest absolute Gasteiger partial charge is 0.366 e. The molecule has 0 saturated carbocycles. The van der Waals surface area contributed by atoms with Crippen molar-refractivity contribution in [3.8, 4) is 0 Å². The van der Waals surface area contributed by atoms with E-state index in [9.17, 15) is 4.39 Å². The first-order valence-electron chi connectivity index (χ1n) is 11.4. The minimum Gasteiger partial charge on any atom is -0.366 e. The second kappa shape index (κ2) is 9.65. The molecule has 33 heavy (non-hydrogen) atoms. The fourth-order valence-corrected chi connectivity index (χ4v) is 3.94. The molecule has 2 heterocycles. The van der Waals surface area contributed by atoms with Crippen LogP contribution in [0.5, 0.6) is 0 Å². The number of nitrogens with one attached hydrogen (secondary N) is 3. The van der Waals surface area contributed by atoms with Gasteiger partial charge in [-0.15, -0.1) is 0 Å². The van der Waals surface area contributed by atoms with Gasteiger partial charge in [0, 0.05) is 35.6 Å². The lowest BCUT2D eigenvalue weighted by Crippen LogP contribution is -2.31. The molecular weight excluding hydrogens is 437 g/mol. The van der Waals surface area contributed by atoms with Crippen LogP contribution in [0, 0.1) is 11.2 Å². The highest BCUT2D eigenvalue weighted by Gasteiger charge is 2.22. The smallest absolute Gasteiger partial charge is 0.225 e. The van der Waals surface area contributed by atoms with E-state index < -0.39 is 5.82 Å². The molecule has 3 N–H and O–H groups in total. The summed E-state index contributed by atoms with van der Waals surface area (Å²) >= 11 is 5.95. The van der Waals surface area contributed by atoms with E-state index in [-0.39, 0.29) is 23.0 Å². The topological polar surface area (TPSA) is 61.9 Å².